The fourth-order valence-electron chi connectivity index (χ4n) is 2.07. The van der Waals surface area contributed by atoms with Crippen LogP contribution >= 0.6 is 0 Å². The standard InChI is InChI=1S/C13H13F3N2O2/c1-7-12(20)18(8(2)11(19)17-7)10-5-3-9(4-6-10)13(14,15)16/h3-8H,1-2H3,(H,17,19). The van der Waals surface area contributed by atoms with Crippen LogP contribution in [0.15, 0.2) is 24.3 Å². The zero-order valence-corrected chi connectivity index (χ0v) is 10.9. The summed E-state index contributed by atoms with van der Waals surface area (Å²) in [6.45, 7) is 3.06. The van der Waals surface area contributed by atoms with Crippen molar-refractivity contribution in [2.45, 2.75) is 32.1 Å². The predicted molar refractivity (Wildman–Crippen MR) is 66.0 cm³/mol. The van der Waals surface area contributed by atoms with Gasteiger partial charge in [-0.05, 0) is 38.1 Å². The summed E-state index contributed by atoms with van der Waals surface area (Å²) < 4.78 is 37.5. The highest BCUT2D eigenvalue weighted by Gasteiger charge is 2.37. The molecule has 0 bridgehead atoms. The Balaban J connectivity index is 2.34. The summed E-state index contributed by atoms with van der Waals surface area (Å²) in [4.78, 5) is 24.9. The largest absolute Gasteiger partial charge is 0.416 e. The summed E-state index contributed by atoms with van der Waals surface area (Å²) in [6, 6.07) is 2.74. The summed E-state index contributed by atoms with van der Waals surface area (Å²) in [7, 11) is 0. The first-order valence-electron chi connectivity index (χ1n) is 6.02. The van der Waals surface area contributed by atoms with Crippen LogP contribution in [0.4, 0.5) is 18.9 Å². The van der Waals surface area contributed by atoms with Crippen molar-refractivity contribution in [3.05, 3.63) is 29.8 Å². The molecule has 0 radical (unpaired) electrons. The first kappa shape index (κ1) is 14.4. The van der Waals surface area contributed by atoms with Gasteiger partial charge in [0.1, 0.15) is 12.1 Å². The molecule has 0 aliphatic carbocycles. The van der Waals surface area contributed by atoms with Crippen molar-refractivity contribution >= 4 is 17.5 Å². The van der Waals surface area contributed by atoms with Crippen LogP contribution in [0.2, 0.25) is 0 Å². The maximum Gasteiger partial charge on any atom is 0.416 e. The number of nitrogens with zero attached hydrogens (tertiary/aromatic N) is 1. The lowest BCUT2D eigenvalue weighted by atomic mass is 10.1. The lowest BCUT2D eigenvalue weighted by Crippen LogP contribution is -2.61. The highest BCUT2D eigenvalue weighted by molar-refractivity contribution is 6.07. The van der Waals surface area contributed by atoms with Gasteiger partial charge in [0.05, 0.1) is 5.56 Å². The smallest absolute Gasteiger partial charge is 0.343 e. The average molecular weight is 286 g/mol. The van der Waals surface area contributed by atoms with Gasteiger partial charge >= 0.3 is 6.18 Å². The predicted octanol–water partition coefficient (Wildman–Crippen LogP) is 1.95. The van der Waals surface area contributed by atoms with E-state index in [1.165, 1.54) is 30.9 Å². The van der Waals surface area contributed by atoms with Crippen molar-refractivity contribution < 1.29 is 22.8 Å². The number of carbonyl (C=O) groups is 2. The van der Waals surface area contributed by atoms with E-state index in [0.717, 1.165) is 12.1 Å². The van der Waals surface area contributed by atoms with Gasteiger partial charge in [0, 0.05) is 5.69 Å². The Hall–Kier alpha value is -2.05. The van der Waals surface area contributed by atoms with Crippen LogP contribution in [0, 0.1) is 0 Å². The summed E-state index contributed by atoms with van der Waals surface area (Å²) in [6.07, 6.45) is -4.43. The van der Waals surface area contributed by atoms with E-state index >= 15 is 0 Å². The molecule has 1 N–H and O–H groups in total. The molecule has 1 aliphatic heterocycles. The molecule has 1 aliphatic rings. The number of amides is 2. The molecule has 1 aromatic rings. The van der Waals surface area contributed by atoms with E-state index in [4.69, 9.17) is 0 Å². The van der Waals surface area contributed by atoms with E-state index in [9.17, 15) is 22.8 Å². The molecule has 2 atom stereocenters. The highest BCUT2D eigenvalue weighted by atomic mass is 19.4. The van der Waals surface area contributed by atoms with E-state index in [2.05, 4.69) is 5.32 Å². The number of piperazine rings is 1. The summed E-state index contributed by atoms with van der Waals surface area (Å²) in [5, 5.41) is 2.50. The number of nitrogens with one attached hydrogen (secondary N) is 1. The monoisotopic (exact) mass is 286 g/mol. The molecule has 108 valence electrons. The van der Waals surface area contributed by atoms with E-state index in [0.29, 0.717) is 0 Å². The van der Waals surface area contributed by atoms with E-state index < -0.39 is 23.8 Å². The van der Waals surface area contributed by atoms with E-state index in [1.54, 1.807) is 0 Å². The third kappa shape index (κ3) is 2.48. The van der Waals surface area contributed by atoms with Gasteiger partial charge in [-0.25, -0.2) is 0 Å². The van der Waals surface area contributed by atoms with Crippen LogP contribution in [-0.2, 0) is 15.8 Å². The Labute approximate surface area is 113 Å². The van der Waals surface area contributed by atoms with Crippen LogP contribution in [-0.4, -0.2) is 23.9 Å². The third-order valence-corrected chi connectivity index (χ3v) is 3.21. The fraction of sp³-hybridized carbons (Fsp3) is 0.385. The molecule has 20 heavy (non-hydrogen) atoms. The Morgan fingerprint density at radius 3 is 2.15 bits per heavy atom. The second-order valence-electron chi connectivity index (χ2n) is 4.66. The van der Waals surface area contributed by atoms with Gasteiger partial charge < -0.3 is 5.32 Å². The van der Waals surface area contributed by atoms with Gasteiger partial charge in [-0.15, -0.1) is 0 Å². The topological polar surface area (TPSA) is 49.4 Å². The van der Waals surface area contributed by atoms with E-state index in [1.807, 2.05) is 0 Å². The second-order valence-corrected chi connectivity index (χ2v) is 4.66. The molecular weight excluding hydrogens is 273 g/mol. The highest BCUT2D eigenvalue weighted by Crippen LogP contribution is 2.31. The Bertz CT molecular complexity index is 540. The average Bonchev–Trinajstić information content (AvgIpc) is 2.36. The van der Waals surface area contributed by atoms with Crippen molar-refractivity contribution in [1.29, 1.82) is 0 Å². The molecule has 1 aromatic carbocycles. The third-order valence-electron chi connectivity index (χ3n) is 3.21. The number of benzene rings is 1. The number of carbonyl (C=O) groups excluding carboxylic acids is 2. The molecule has 2 amide bonds. The van der Waals surface area contributed by atoms with Gasteiger partial charge in [-0.3, -0.25) is 14.5 Å². The van der Waals surface area contributed by atoms with Crippen LogP contribution in [0.3, 0.4) is 0 Å². The van der Waals surface area contributed by atoms with Crippen molar-refractivity contribution in [1.82, 2.24) is 5.32 Å². The zero-order chi connectivity index (χ0) is 15.1. The van der Waals surface area contributed by atoms with Gasteiger partial charge in [-0.1, -0.05) is 0 Å². The Kier molecular flexibility index (Phi) is 3.45. The summed E-state index contributed by atoms with van der Waals surface area (Å²) >= 11 is 0. The number of halogens is 3. The number of anilines is 1. The van der Waals surface area contributed by atoms with Crippen molar-refractivity contribution in [3.8, 4) is 0 Å². The molecule has 0 spiro atoms. The molecule has 4 nitrogen and oxygen atoms in total. The fourth-order valence-corrected chi connectivity index (χ4v) is 2.07. The molecule has 0 aromatic heterocycles. The van der Waals surface area contributed by atoms with Gasteiger partial charge in [0.15, 0.2) is 0 Å². The molecule has 2 rings (SSSR count). The maximum absolute atomic E-state index is 12.5. The van der Waals surface area contributed by atoms with Crippen LogP contribution in [0.5, 0.6) is 0 Å². The van der Waals surface area contributed by atoms with Crippen LogP contribution < -0.4 is 10.2 Å². The first-order valence-corrected chi connectivity index (χ1v) is 6.02. The normalized spacial score (nSPS) is 23.8. The maximum atomic E-state index is 12.5. The SMILES string of the molecule is CC1NC(=O)C(C)N(c2ccc(C(F)(F)F)cc2)C1=O. The summed E-state index contributed by atoms with van der Waals surface area (Å²) in [5.41, 5.74) is -0.520. The molecule has 1 heterocycles. The number of alkyl halides is 3. The molecule has 1 fully saturated rings. The van der Waals surface area contributed by atoms with E-state index in [-0.39, 0.29) is 17.5 Å². The molecule has 0 saturated carbocycles. The summed E-state index contributed by atoms with van der Waals surface area (Å²) in [5.74, 6) is -0.686. The van der Waals surface area contributed by atoms with Crippen molar-refractivity contribution in [2.75, 3.05) is 4.90 Å². The van der Waals surface area contributed by atoms with Gasteiger partial charge in [-0.2, -0.15) is 13.2 Å². The van der Waals surface area contributed by atoms with Gasteiger partial charge in [0.25, 0.3) is 0 Å². The van der Waals surface area contributed by atoms with Crippen molar-refractivity contribution in [3.63, 3.8) is 0 Å². The van der Waals surface area contributed by atoms with Crippen LogP contribution in [0.25, 0.3) is 0 Å². The minimum atomic E-state index is -4.43. The quantitative estimate of drug-likeness (QED) is 0.857. The van der Waals surface area contributed by atoms with Gasteiger partial charge in [0.2, 0.25) is 11.8 Å². The lowest BCUT2D eigenvalue weighted by molar-refractivity contribution is -0.137. The zero-order valence-electron chi connectivity index (χ0n) is 10.9. The Morgan fingerprint density at radius 1 is 1.10 bits per heavy atom. The lowest BCUT2D eigenvalue weighted by Gasteiger charge is -2.36. The molecular formula is C13H13F3N2O2. The molecule has 1 saturated heterocycles. The van der Waals surface area contributed by atoms with Crippen LogP contribution in [0.1, 0.15) is 19.4 Å². The number of rotatable bonds is 1. The minimum absolute atomic E-state index is 0.275. The number of hydrogen-bond donors (Lipinski definition) is 1. The Morgan fingerprint density at radius 2 is 1.65 bits per heavy atom. The number of hydrogen-bond acceptors (Lipinski definition) is 2. The second kappa shape index (κ2) is 4.81. The molecule has 2 unspecified atom stereocenters. The minimum Gasteiger partial charge on any atom is -0.343 e. The van der Waals surface area contributed by atoms with Crippen molar-refractivity contribution in [2.24, 2.45) is 0 Å². The first-order chi connectivity index (χ1) is 9.21. The molecule has 7 heteroatoms.